The Morgan fingerprint density at radius 1 is 1.42 bits per heavy atom. The first-order valence-electron chi connectivity index (χ1n) is 5.40. The van der Waals surface area contributed by atoms with Gasteiger partial charge in [-0.05, 0) is 0 Å². The predicted molar refractivity (Wildman–Crippen MR) is 64.4 cm³/mol. The Labute approximate surface area is 108 Å². The maximum Gasteiger partial charge on any atom is 0.356 e. The van der Waals surface area contributed by atoms with Gasteiger partial charge in [-0.3, -0.25) is 0 Å². The molecular formula is C11H10N6O2. The number of rotatable bonds is 5. The Bertz CT molecular complexity index is 630. The Balaban J connectivity index is 1.93. The quantitative estimate of drug-likeness (QED) is 0.794. The first-order valence-corrected chi connectivity index (χ1v) is 5.40. The number of carboxylic acids is 1. The number of aromatic carboxylic acids is 1. The molecule has 2 aromatic rings. The molecule has 96 valence electrons. The van der Waals surface area contributed by atoms with E-state index in [1.807, 2.05) is 6.07 Å². The lowest BCUT2D eigenvalue weighted by atomic mass is 10.4. The number of imidazole rings is 1. The molecule has 0 unspecified atom stereocenters. The molecule has 0 saturated carbocycles. The van der Waals surface area contributed by atoms with E-state index < -0.39 is 5.97 Å². The Kier molecular flexibility index (Phi) is 3.68. The van der Waals surface area contributed by atoms with E-state index in [0.29, 0.717) is 18.9 Å². The van der Waals surface area contributed by atoms with Gasteiger partial charge in [-0.2, -0.15) is 5.26 Å². The number of anilines is 1. The zero-order valence-corrected chi connectivity index (χ0v) is 9.82. The second kappa shape index (κ2) is 5.59. The molecule has 2 N–H and O–H groups in total. The number of carbonyl (C=O) groups is 1. The molecule has 8 nitrogen and oxygen atoms in total. The first-order chi connectivity index (χ1) is 9.20. The highest BCUT2D eigenvalue weighted by molar-refractivity contribution is 5.84. The molecule has 0 aromatic carbocycles. The van der Waals surface area contributed by atoms with Crippen LogP contribution in [0.1, 0.15) is 16.2 Å². The number of nitrogens with one attached hydrogen (secondary N) is 1. The molecular weight excluding hydrogens is 248 g/mol. The van der Waals surface area contributed by atoms with E-state index in [4.69, 9.17) is 10.4 Å². The average Bonchev–Trinajstić information content (AvgIpc) is 2.88. The van der Waals surface area contributed by atoms with Crippen molar-refractivity contribution >= 4 is 11.8 Å². The van der Waals surface area contributed by atoms with Crippen LogP contribution >= 0.6 is 0 Å². The van der Waals surface area contributed by atoms with Crippen LogP contribution in [0, 0.1) is 11.3 Å². The lowest BCUT2D eigenvalue weighted by Crippen LogP contribution is -2.11. The van der Waals surface area contributed by atoms with Crippen LogP contribution in [0.4, 0.5) is 5.82 Å². The minimum absolute atomic E-state index is 0.00258. The van der Waals surface area contributed by atoms with Gasteiger partial charge in [0.2, 0.25) is 0 Å². The van der Waals surface area contributed by atoms with Gasteiger partial charge >= 0.3 is 5.97 Å². The summed E-state index contributed by atoms with van der Waals surface area (Å²) in [6.45, 7) is 0.977. The third-order valence-electron chi connectivity index (χ3n) is 2.32. The summed E-state index contributed by atoms with van der Waals surface area (Å²) >= 11 is 0. The third kappa shape index (κ3) is 3.04. The summed E-state index contributed by atoms with van der Waals surface area (Å²) in [6, 6.07) is 1.93. The number of hydrogen-bond donors (Lipinski definition) is 2. The lowest BCUT2D eigenvalue weighted by Gasteiger charge is -2.06. The van der Waals surface area contributed by atoms with Crippen molar-refractivity contribution in [3.05, 3.63) is 36.3 Å². The fraction of sp³-hybridized carbons (Fsp3) is 0.182. The summed E-state index contributed by atoms with van der Waals surface area (Å²) in [5, 5.41) is 20.5. The Hall–Kier alpha value is -2.95. The monoisotopic (exact) mass is 258 g/mol. The van der Waals surface area contributed by atoms with Crippen LogP contribution in [0.3, 0.4) is 0 Å². The number of nitriles is 1. The Morgan fingerprint density at radius 3 is 2.89 bits per heavy atom. The van der Waals surface area contributed by atoms with Crippen molar-refractivity contribution in [2.75, 3.05) is 11.9 Å². The first kappa shape index (κ1) is 12.5. The molecule has 0 aliphatic heterocycles. The van der Waals surface area contributed by atoms with Gasteiger partial charge in [0.1, 0.15) is 6.07 Å². The van der Waals surface area contributed by atoms with Crippen LogP contribution in [0.5, 0.6) is 0 Å². The molecule has 19 heavy (non-hydrogen) atoms. The number of nitrogens with zero attached hydrogens (tertiary/aromatic N) is 5. The molecule has 2 rings (SSSR count). The number of carboxylic acid groups (broad SMARTS) is 1. The molecule has 0 saturated heterocycles. The second-order valence-corrected chi connectivity index (χ2v) is 3.59. The van der Waals surface area contributed by atoms with Crippen molar-refractivity contribution in [2.45, 2.75) is 6.54 Å². The van der Waals surface area contributed by atoms with Gasteiger partial charge < -0.3 is 15.0 Å². The van der Waals surface area contributed by atoms with Gasteiger partial charge in [0.25, 0.3) is 0 Å². The molecule has 0 spiro atoms. The van der Waals surface area contributed by atoms with E-state index in [1.54, 1.807) is 4.57 Å². The van der Waals surface area contributed by atoms with Gasteiger partial charge in [0.15, 0.2) is 17.2 Å². The molecule has 0 aliphatic carbocycles. The van der Waals surface area contributed by atoms with Crippen molar-refractivity contribution in [2.24, 2.45) is 0 Å². The maximum atomic E-state index is 10.6. The van der Waals surface area contributed by atoms with Crippen LogP contribution in [-0.2, 0) is 6.54 Å². The molecule has 0 amide bonds. The van der Waals surface area contributed by atoms with Crippen LogP contribution in [-0.4, -0.2) is 37.1 Å². The SMILES string of the molecule is N#Cc1nccnc1NCCn1cnc(C(=O)O)c1. The van der Waals surface area contributed by atoms with E-state index in [0.717, 1.165) is 0 Å². The van der Waals surface area contributed by atoms with E-state index in [-0.39, 0.29) is 11.4 Å². The minimum Gasteiger partial charge on any atom is -0.476 e. The van der Waals surface area contributed by atoms with Crippen molar-refractivity contribution in [1.29, 1.82) is 5.26 Å². The number of aromatic nitrogens is 4. The zero-order valence-electron chi connectivity index (χ0n) is 9.82. The van der Waals surface area contributed by atoms with Crippen molar-refractivity contribution in [1.82, 2.24) is 19.5 Å². The highest BCUT2D eigenvalue weighted by Gasteiger charge is 2.06. The standard InChI is InChI=1S/C11H10N6O2/c12-5-8-10(14-2-1-13-8)15-3-4-17-6-9(11(18)19)16-7-17/h1-2,6-7H,3-4H2,(H,14,15)(H,18,19). The molecule has 0 aliphatic rings. The van der Waals surface area contributed by atoms with Gasteiger partial charge in [0, 0.05) is 31.7 Å². The second-order valence-electron chi connectivity index (χ2n) is 3.59. The van der Waals surface area contributed by atoms with Gasteiger partial charge in [-0.15, -0.1) is 0 Å². The molecule has 0 atom stereocenters. The maximum absolute atomic E-state index is 10.6. The fourth-order valence-electron chi connectivity index (χ4n) is 1.45. The third-order valence-corrected chi connectivity index (χ3v) is 2.32. The lowest BCUT2D eigenvalue weighted by molar-refractivity contribution is 0.0691. The molecule has 0 bridgehead atoms. The Morgan fingerprint density at radius 2 is 2.21 bits per heavy atom. The topological polar surface area (TPSA) is 117 Å². The normalized spacial score (nSPS) is 9.84. The van der Waals surface area contributed by atoms with Crippen LogP contribution in [0.25, 0.3) is 0 Å². The van der Waals surface area contributed by atoms with Gasteiger partial charge in [-0.1, -0.05) is 0 Å². The van der Waals surface area contributed by atoms with E-state index >= 15 is 0 Å². The zero-order chi connectivity index (χ0) is 13.7. The minimum atomic E-state index is -1.06. The highest BCUT2D eigenvalue weighted by atomic mass is 16.4. The van der Waals surface area contributed by atoms with Crippen molar-refractivity contribution in [3.8, 4) is 6.07 Å². The molecule has 0 fully saturated rings. The number of hydrogen-bond acceptors (Lipinski definition) is 6. The molecule has 2 aromatic heterocycles. The van der Waals surface area contributed by atoms with E-state index in [9.17, 15) is 4.79 Å². The largest absolute Gasteiger partial charge is 0.476 e. The van der Waals surface area contributed by atoms with E-state index in [1.165, 1.54) is 24.9 Å². The summed E-state index contributed by atoms with van der Waals surface area (Å²) in [5.74, 6) is -0.657. The van der Waals surface area contributed by atoms with Crippen LogP contribution < -0.4 is 5.32 Å². The average molecular weight is 258 g/mol. The fourth-order valence-corrected chi connectivity index (χ4v) is 1.45. The summed E-state index contributed by atoms with van der Waals surface area (Å²) < 4.78 is 1.64. The molecule has 2 heterocycles. The van der Waals surface area contributed by atoms with Crippen molar-refractivity contribution < 1.29 is 9.90 Å². The summed E-state index contributed by atoms with van der Waals surface area (Å²) in [4.78, 5) is 22.2. The van der Waals surface area contributed by atoms with E-state index in [2.05, 4.69) is 20.3 Å². The smallest absolute Gasteiger partial charge is 0.356 e. The van der Waals surface area contributed by atoms with Crippen LogP contribution in [0.15, 0.2) is 24.9 Å². The highest BCUT2D eigenvalue weighted by Crippen LogP contribution is 2.05. The van der Waals surface area contributed by atoms with Crippen LogP contribution in [0.2, 0.25) is 0 Å². The molecule has 8 heteroatoms. The molecule has 0 radical (unpaired) electrons. The van der Waals surface area contributed by atoms with Gasteiger partial charge in [0.05, 0.1) is 6.33 Å². The summed E-state index contributed by atoms with van der Waals surface area (Å²) in [7, 11) is 0. The van der Waals surface area contributed by atoms with Crippen molar-refractivity contribution in [3.63, 3.8) is 0 Å². The summed E-state index contributed by atoms with van der Waals surface area (Å²) in [6.07, 6.45) is 5.81. The predicted octanol–water partition coefficient (Wildman–Crippen LogP) is 0.355. The van der Waals surface area contributed by atoms with Gasteiger partial charge in [-0.25, -0.2) is 19.7 Å². The summed E-state index contributed by atoms with van der Waals surface area (Å²) in [5.41, 5.74) is 0.219.